The van der Waals surface area contributed by atoms with Gasteiger partial charge >= 0.3 is 0 Å². The molecule has 2 amide bonds. The summed E-state index contributed by atoms with van der Waals surface area (Å²) < 4.78 is 5.40. The number of ether oxygens (including phenoxy) is 1. The summed E-state index contributed by atoms with van der Waals surface area (Å²) in [5.41, 5.74) is 3.74. The Morgan fingerprint density at radius 2 is 2.06 bits per heavy atom. The molecule has 2 aliphatic heterocycles. The first-order chi connectivity index (χ1) is 16.1. The van der Waals surface area contributed by atoms with Crippen LogP contribution in [0, 0.1) is 0 Å². The van der Waals surface area contributed by atoms with Crippen molar-refractivity contribution in [2.45, 2.75) is 38.0 Å². The van der Waals surface area contributed by atoms with Crippen molar-refractivity contribution in [3.8, 4) is 0 Å². The maximum Gasteiger partial charge on any atom is 0.267 e. The van der Waals surface area contributed by atoms with E-state index in [0.717, 1.165) is 25.7 Å². The Morgan fingerprint density at radius 1 is 1.21 bits per heavy atom. The molecule has 2 saturated heterocycles. The molecule has 2 aliphatic rings. The third-order valence-corrected chi connectivity index (χ3v) is 5.84. The lowest BCUT2D eigenvalue weighted by atomic mass is 10.2. The van der Waals surface area contributed by atoms with Gasteiger partial charge in [0.05, 0.1) is 5.02 Å². The molecule has 33 heavy (non-hydrogen) atoms. The lowest BCUT2D eigenvalue weighted by Crippen LogP contribution is -2.32. The van der Waals surface area contributed by atoms with Gasteiger partial charge in [-0.1, -0.05) is 29.8 Å². The van der Waals surface area contributed by atoms with Crippen LogP contribution in [0.3, 0.4) is 0 Å². The Labute approximate surface area is 197 Å². The second-order valence-electron chi connectivity index (χ2n) is 8.06. The highest BCUT2D eigenvalue weighted by atomic mass is 35.5. The lowest BCUT2D eigenvalue weighted by molar-refractivity contribution is -0.198. The Kier molecular flexibility index (Phi) is 7.93. The summed E-state index contributed by atoms with van der Waals surface area (Å²) in [6, 6.07) is 11.1. The molecule has 2 atom stereocenters. The molecule has 0 aliphatic carbocycles. The van der Waals surface area contributed by atoms with Crippen LogP contribution in [0.2, 0.25) is 5.02 Å². The molecule has 174 valence electrons. The van der Waals surface area contributed by atoms with E-state index in [1.165, 1.54) is 6.08 Å². The summed E-state index contributed by atoms with van der Waals surface area (Å²) in [5.74, 6) is 0.184. The summed E-state index contributed by atoms with van der Waals surface area (Å²) in [6.07, 6.45) is 7.80. The van der Waals surface area contributed by atoms with Gasteiger partial charge in [-0.05, 0) is 49.1 Å². The molecule has 3 heterocycles. The quantitative estimate of drug-likeness (QED) is 0.474. The van der Waals surface area contributed by atoms with E-state index in [2.05, 4.69) is 15.8 Å². The van der Waals surface area contributed by atoms with Crippen LogP contribution < -0.4 is 10.8 Å². The first-order valence-corrected chi connectivity index (χ1v) is 11.5. The summed E-state index contributed by atoms with van der Waals surface area (Å²) in [4.78, 5) is 36.0. The van der Waals surface area contributed by atoms with Crippen molar-refractivity contribution in [3.63, 3.8) is 0 Å². The fourth-order valence-corrected chi connectivity index (χ4v) is 4.03. The van der Waals surface area contributed by atoms with Gasteiger partial charge in [0.25, 0.3) is 11.8 Å². The Hall–Kier alpha value is -2.94. The SMILES string of the molecule is O=C(C=Cc1cnc(N[C@@H]2CCN(C(=O)c3ccccc3)C2)c(Cl)c1)NOC1CCCCO1. The van der Waals surface area contributed by atoms with E-state index in [1.54, 1.807) is 18.3 Å². The highest BCUT2D eigenvalue weighted by Crippen LogP contribution is 2.24. The van der Waals surface area contributed by atoms with E-state index in [4.69, 9.17) is 21.2 Å². The predicted molar refractivity (Wildman–Crippen MR) is 125 cm³/mol. The van der Waals surface area contributed by atoms with Crippen molar-refractivity contribution < 1.29 is 19.2 Å². The first-order valence-electron chi connectivity index (χ1n) is 11.1. The van der Waals surface area contributed by atoms with Gasteiger partial charge in [-0.15, -0.1) is 0 Å². The number of hydroxylamine groups is 1. The third-order valence-electron chi connectivity index (χ3n) is 5.56. The van der Waals surface area contributed by atoms with Crippen molar-refractivity contribution in [2.75, 3.05) is 25.0 Å². The number of likely N-dealkylation sites (tertiary alicyclic amines) is 1. The molecule has 0 spiro atoms. The van der Waals surface area contributed by atoms with Gasteiger partial charge in [-0.25, -0.2) is 15.3 Å². The Morgan fingerprint density at radius 3 is 2.82 bits per heavy atom. The van der Waals surface area contributed by atoms with E-state index in [9.17, 15) is 9.59 Å². The van der Waals surface area contributed by atoms with E-state index >= 15 is 0 Å². The zero-order valence-corrected chi connectivity index (χ0v) is 19.0. The molecule has 2 aromatic rings. The number of anilines is 1. The first kappa shape index (κ1) is 23.2. The normalized spacial score (nSPS) is 20.7. The zero-order valence-electron chi connectivity index (χ0n) is 18.2. The molecule has 1 unspecified atom stereocenters. The summed E-state index contributed by atoms with van der Waals surface area (Å²) in [5, 5.41) is 3.76. The van der Waals surface area contributed by atoms with Crippen LogP contribution in [-0.4, -0.2) is 53.7 Å². The van der Waals surface area contributed by atoms with Gasteiger partial charge < -0.3 is 15.0 Å². The number of hydrogen-bond donors (Lipinski definition) is 2. The van der Waals surface area contributed by atoms with Crippen molar-refractivity contribution in [3.05, 3.63) is 64.8 Å². The van der Waals surface area contributed by atoms with Gasteiger partial charge in [0, 0.05) is 50.0 Å². The molecule has 8 nitrogen and oxygen atoms in total. The molecule has 1 aromatic carbocycles. The third kappa shape index (κ3) is 6.54. The molecule has 0 saturated carbocycles. The number of halogens is 1. The number of nitrogens with one attached hydrogen (secondary N) is 2. The van der Waals surface area contributed by atoms with Crippen molar-refractivity contribution >= 4 is 35.3 Å². The van der Waals surface area contributed by atoms with Crippen LogP contribution in [0.5, 0.6) is 0 Å². The number of rotatable bonds is 7. The molecule has 4 rings (SSSR count). The van der Waals surface area contributed by atoms with Crippen molar-refractivity contribution in [2.24, 2.45) is 0 Å². The fraction of sp³-hybridized carbons (Fsp3) is 0.375. The maximum atomic E-state index is 12.6. The number of hydrogen-bond acceptors (Lipinski definition) is 6. The minimum atomic E-state index is -0.396. The second-order valence-corrected chi connectivity index (χ2v) is 8.47. The molecule has 2 fully saturated rings. The average Bonchev–Trinajstić information content (AvgIpc) is 3.32. The highest BCUT2D eigenvalue weighted by Gasteiger charge is 2.27. The molecular weight excluding hydrogens is 444 g/mol. The van der Waals surface area contributed by atoms with Gasteiger partial charge in [-0.3, -0.25) is 9.59 Å². The van der Waals surface area contributed by atoms with Crippen LogP contribution in [0.1, 0.15) is 41.6 Å². The molecule has 0 radical (unpaired) electrons. The minimum Gasteiger partial charge on any atom is -0.364 e. The maximum absolute atomic E-state index is 12.6. The van der Waals surface area contributed by atoms with Crippen LogP contribution >= 0.6 is 11.6 Å². The summed E-state index contributed by atoms with van der Waals surface area (Å²) >= 11 is 6.40. The fourth-order valence-electron chi connectivity index (χ4n) is 3.80. The molecule has 1 aromatic heterocycles. The topological polar surface area (TPSA) is 92.8 Å². The number of carbonyl (C=O) groups excluding carboxylic acids is 2. The monoisotopic (exact) mass is 470 g/mol. The van der Waals surface area contributed by atoms with E-state index in [1.807, 2.05) is 35.2 Å². The zero-order chi connectivity index (χ0) is 23.0. The Bertz CT molecular complexity index is 995. The van der Waals surface area contributed by atoms with Gasteiger partial charge in [0.1, 0.15) is 5.82 Å². The van der Waals surface area contributed by atoms with Crippen LogP contribution in [0.15, 0.2) is 48.7 Å². The molecule has 9 heteroatoms. The smallest absolute Gasteiger partial charge is 0.267 e. The number of carbonyl (C=O) groups is 2. The molecule has 2 N–H and O–H groups in total. The van der Waals surface area contributed by atoms with E-state index in [0.29, 0.717) is 41.7 Å². The largest absolute Gasteiger partial charge is 0.364 e. The minimum absolute atomic E-state index is 0.0248. The van der Waals surface area contributed by atoms with Gasteiger partial charge in [0.2, 0.25) is 0 Å². The van der Waals surface area contributed by atoms with Crippen LogP contribution in [0.25, 0.3) is 6.08 Å². The highest BCUT2D eigenvalue weighted by molar-refractivity contribution is 6.33. The number of nitrogens with zero attached hydrogens (tertiary/aromatic N) is 2. The van der Waals surface area contributed by atoms with Gasteiger partial charge in [-0.2, -0.15) is 0 Å². The average molecular weight is 471 g/mol. The number of pyridine rings is 1. The summed E-state index contributed by atoms with van der Waals surface area (Å²) in [6.45, 7) is 1.90. The van der Waals surface area contributed by atoms with Gasteiger partial charge in [0.15, 0.2) is 6.29 Å². The van der Waals surface area contributed by atoms with Crippen LogP contribution in [-0.2, 0) is 14.4 Å². The number of aromatic nitrogens is 1. The Balaban J connectivity index is 1.26. The number of amides is 2. The van der Waals surface area contributed by atoms with Crippen molar-refractivity contribution in [1.82, 2.24) is 15.4 Å². The van der Waals surface area contributed by atoms with E-state index in [-0.39, 0.29) is 11.9 Å². The standard InChI is InChI=1S/C24H27ClN4O4/c25-20-14-17(9-10-21(30)28-33-22-8-4-5-13-32-22)15-26-23(20)27-19-11-12-29(16-19)24(31)18-6-2-1-3-7-18/h1-3,6-7,9-10,14-15,19,22H,4-5,8,11-13,16H2,(H,26,27)(H,28,30)/t19-,22?/m1/s1. The number of benzene rings is 1. The second kappa shape index (κ2) is 11.3. The molecular formula is C24H27ClN4O4. The molecule has 0 bridgehead atoms. The summed E-state index contributed by atoms with van der Waals surface area (Å²) in [7, 11) is 0. The lowest BCUT2D eigenvalue weighted by Gasteiger charge is -2.21. The van der Waals surface area contributed by atoms with E-state index < -0.39 is 12.2 Å². The predicted octanol–water partition coefficient (Wildman–Crippen LogP) is 3.65. The van der Waals surface area contributed by atoms with Crippen LogP contribution in [0.4, 0.5) is 5.82 Å². The van der Waals surface area contributed by atoms with Crippen molar-refractivity contribution in [1.29, 1.82) is 0 Å².